The molecule has 0 fully saturated rings. The highest BCUT2D eigenvalue weighted by Gasteiger charge is 2.09. The average Bonchev–Trinajstić information content (AvgIpc) is 2.29. The Hall–Kier alpha value is -1.93. The smallest absolute Gasteiger partial charge is 0.387 e. The number of halogens is 3. The lowest BCUT2D eigenvalue weighted by Gasteiger charge is -2.06. The molecule has 3 nitrogen and oxygen atoms in total. The van der Waals surface area contributed by atoms with E-state index in [4.69, 9.17) is 16.9 Å². The number of aromatic nitrogens is 1. The summed E-state index contributed by atoms with van der Waals surface area (Å²) in [6.45, 7) is -2.90. The average molecular weight is 255 g/mol. The first-order valence-electron chi connectivity index (χ1n) is 4.55. The van der Waals surface area contributed by atoms with Gasteiger partial charge in [-0.25, -0.2) is 0 Å². The van der Waals surface area contributed by atoms with Crippen LogP contribution >= 0.6 is 11.6 Å². The number of fused-ring (bicyclic) bond motifs is 1. The molecule has 0 atom stereocenters. The molecule has 0 aliphatic heterocycles. The van der Waals surface area contributed by atoms with Crippen molar-refractivity contribution in [3.05, 3.63) is 35.0 Å². The normalized spacial score (nSPS) is 10.5. The van der Waals surface area contributed by atoms with E-state index in [1.807, 2.05) is 6.07 Å². The molecule has 0 radical (unpaired) electrons. The SMILES string of the molecule is N#Cc1cnc2ccc(OC(F)F)cc2c1Cl. The fourth-order valence-electron chi connectivity index (χ4n) is 1.39. The van der Waals surface area contributed by atoms with Gasteiger partial charge in [-0.2, -0.15) is 14.0 Å². The number of benzene rings is 1. The van der Waals surface area contributed by atoms with E-state index in [2.05, 4.69) is 9.72 Å². The van der Waals surface area contributed by atoms with Crippen molar-refractivity contribution in [2.24, 2.45) is 0 Å². The van der Waals surface area contributed by atoms with Crippen LogP contribution in [-0.4, -0.2) is 11.6 Å². The number of ether oxygens (including phenoxy) is 1. The molecule has 1 heterocycles. The summed E-state index contributed by atoms with van der Waals surface area (Å²) in [6, 6.07) is 6.06. The van der Waals surface area contributed by atoms with E-state index in [0.717, 1.165) is 0 Å². The quantitative estimate of drug-likeness (QED) is 0.825. The van der Waals surface area contributed by atoms with Gasteiger partial charge in [0.2, 0.25) is 0 Å². The Morgan fingerprint density at radius 1 is 1.41 bits per heavy atom. The monoisotopic (exact) mass is 254 g/mol. The number of pyridine rings is 1. The summed E-state index contributed by atoms with van der Waals surface area (Å²) in [6.07, 6.45) is 1.33. The molecule has 0 N–H and O–H groups in total. The maximum absolute atomic E-state index is 12.0. The Balaban J connectivity index is 2.59. The molecule has 0 aliphatic carbocycles. The molecule has 0 aliphatic rings. The van der Waals surface area contributed by atoms with E-state index in [0.29, 0.717) is 10.9 Å². The second-order valence-corrected chi connectivity index (χ2v) is 3.53. The lowest BCUT2D eigenvalue weighted by molar-refractivity contribution is -0.0497. The minimum atomic E-state index is -2.90. The van der Waals surface area contributed by atoms with Gasteiger partial charge in [0.25, 0.3) is 0 Å². The minimum absolute atomic E-state index is 0.0220. The molecule has 1 aromatic carbocycles. The highest BCUT2D eigenvalue weighted by molar-refractivity contribution is 6.36. The van der Waals surface area contributed by atoms with Crippen molar-refractivity contribution < 1.29 is 13.5 Å². The lowest BCUT2D eigenvalue weighted by atomic mass is 10.1. The molecule has 0 saturated carbocycles. The van der Waals surface area contributed by atoms with Crippen molar-refractivity contribution in [1.82, 2.24) is 4.98 Å². The summed E-state index contributed by atoms with van der Waals surface area (Å²) in [4.78, 5) is 3.98. The van der Waals surface area contributed by atoms with Crippen LogP contribution in [0.5, 0.6) is 5.75 Å². The molecule has 0 saturated heterocycles. The zero-order valence-electron chi connectivity index (χ0n) is 8.32. The summed E-state index contributed by atoms with van der Waals surface area (Å²) in [5, 5.41) is 9.35. The molecule has 0 unspecified atom stereocenters. The fraction of sp³-hybridized carbons (Fsp3) is 0.0909. The lowest BCUT2D eigenvalue weighted by Crippen LogP contribution is -2.01. The molecule has 2 aromatic rings. The first-order chi connectivity index (χ1) is 8.11. The number of nitriles is 1. The largest absolute Gasteiger partial charge is 0.435 e. The van der Waals surface area contributed by atoms with Crippen LogP contribution in [0.15, 0.2) is 24.4 Å². The van der Waals surface area contributed by atoms with Crippen molar-refractivity contribution in [3.63, 3.8) is 0 Å². The van der Waals surface area contributed by atoms with Gasteiger partial charge in [0.1, 0.15) is 11.8 Å². The highest BCUT2D eigenvalue weighted by Crippen LogP contribution is 2.29. The third-order valence-electron chi connectivity index (χ3n) is 2.12. The van der Waals surface area contributed by atoms with Crippen molar-refractivity contribution in [1.29, 1.82) is 5.26 Å². The third kappa shape index (κ3) is 2.27. The van der Waals surface area contributed by atoms with Crippen LogP contribution in [0.3, 0.4) is 0 Å². The molecule has 6 heteroatoms. The van der Waals surface area contributed by atoms with E-state index in [1.165, 1.54) is 24.4 Å². The van der Waals surface area contributed by atoms with Gasteiger partial charge in [-0.1, -0.05) is 11.6 Å². The van der Waals surface area contributed by atoms with Crippen LogP contribution in [0, 0.1) is 11.3 Å². The van der Waals surface area contributed by atoms with E-state index >= 15 is 0 Å². The van der Waals surface area contributed by atoms with Gasteiger partial charge < -0.3 is 4.74 Å². The van der Waals surface area contributed by atoms with E-state index in [9.17, 15) is 8.78 Å². The predicted molar refractivity (Wildman–Crippen MR) is 58.1 cm³/mol. The summed E-state index contributed by atoms with van der Waals surface area (Å²) in [5.74, 6) is -0.0220. The Morgan fingerprint density at radius 3 is 2.82 bits per heavy atom. The van der Waals surface area contributed by atoms with Crippen molar-refractivity contribution in [2.45, 2.75) is 6.61 Å². The Bertz CT molecular complexity index is 610. The van der Waals surface area contributed by atoms with Crippen molar-refractivity contribution >= 4 is 22.5 Å². The second kappa shape index (κ2) is 4.52. The van der Waals surface area contributed by atoms with Crippen LogP contribution in [0.1, 0.15) is 5.56 Å². The second-order valence-electron chi connectivity index (χ2n) is 3.16. The Labute approximate surface area is 100 Å². The van der Waals surface area contributed by atoms with E-state index in [-0.39, 0.29) is 16.3 Å². The predicted octanol–water partition coefficient (Wildman–Crippen LogP) is 3.36. The molecule has 0 amide bonds. The fourth-order valence-corrected chi connectivity index (χ4v) is 1.64. The summed E-state index contributed by atoms with van der Waals surface area (Å²) in [5.41, 5.74) is 0.698. The van der Waals surface area contributed by atoms with E-state index < -0.39 is 6.61 Å². The van der Waals surface area contributed by atoms with Crippen LogP contribution in [0.4, 0.5) is 8.78 Å². The van der Waals surface area contributed by atoms with Crippen LogP contribution in [0.25, 0.3) is 10.9 Å². The highest BCUT2D eigenvalue weighted by atomic mass is 35.5. The van der Waals surface area contributed by atoms with Crippen LogP contribution in [-0.2, 0) is 0 Å². The first kappa shape index (κ1) is 11.6. The molecule has 1 aromatic heterocycles. The van der Waals surface area contributed by atoms with Crippen molar-refractivity contribution in [2.75, 3.05) is 0 Å². The molecule has 0 bridgehead atoms. The van der Waals surface area contributed by atoms with Gasteiger partial charge in [0, 0.05) is 11.6 Å². The number of alkyl halides is 2. The molecule has 2 rings (SSSR count). The van der Waals surface area contributed by atoms with Gasteiger partial charge in [-0.05, 0) is 18.2 Å². The number of hydrogen-bond donors (Lipinski definition) is 0. The van der Waals surface area contributed by atoms with Gasteiger partial charge in [-0.15, -0.1) is 0 Å². The standard InChI is InChI=1S/C11H5ClF2N2O/c12-10-6(4-15)5-16-9-2-1-7(3-8(9)10)17-11(13)14/h1-3,5,11H. The summed E-state index contributed by atoms with van der Waals surface area (Å²) >= 11 is 5.94. The molecular weight excluding hydrogens is 250 g/mol. The van der Waals surface area contributed by atoms with Gasteiger partial charge in [0.05, 0.1) is 16.1 Å². The number of nitrogens with zero attached hydrogens (tertiary/aromatic N) is 2. The minimum Gasteiger partial charge on any atom is -0.435 e. The first-order valence-corrected chi connectivity index (χ1v) is 4.93. The maximum atomic E-state index is 12.0. The van der Waals surface area contributed by atoms with Gasteiger partial charge >= 0.3 is 6.61 Å². The third-order valence-corrected chi connectivity index (χ3v) is 2.53. The van der Waals surface area contributed by atoms with Crippen LogP contribution in [0.2, 0.25) is 5.02 Å². The van der Waals surface area contributed by atoms with Gasteiger partial charge in [0.15, 0.2) is 0 Å². The Morgan fingerprint density at radius 2 is 2.18 bits per heavy atom. The molecule has 0 spiro atoms. The molecule has 86 valence electrons. The summed E-state index contributed by atoms with van der Waals surface area (Å²) in [7, 11) is 0. The number of rotatable bonds is 2. The summed E-state index contributed by atoms with van der Waals surface area (Å²) < 4.78 is 28.3. The maximum Gasteiger partial charge on any atom is 0.387 e. The topological polar surface area (TPSA) is 45.9 Å². The molecular formula is C11H5ClF2N2O. The van der Waals surface area contributed by atoms with E-state index in [1.54, 1.807) is 0 Å². The zero-order valence-corrected chi connectivity index (χ0v) is 9.08. The molecule has 17 heavy (non-hydrogen) atoms. The van der Waals surface area contributed by atoms with Gasteiger partial charge in [-0.3, -0.25) is 4.98 Å². The Kier molecular flexibility index (Phi) is 3.07. The van der Waals surface area contributed by atoms with Crippen LogP contribution < -0.4 is 4.74 Å². The zero-order chi connectivity index (χ0) is 12.4. The van der Waals surface area contributed by atoms with Crippen molar-refractivity contribution in [3.8, 4) is 11.8 Å². The number of hydrogen-bond acceptors (Lipinski definition) is 3.